The molecule has 3 nitrogen and oxygen atoms in total. The third-order valence-electron chi connectivity index (χ3n) is 2.27. The summed E-state index contributed by atoms with van der Waals surface area (Å²) in [7, 11) is 1.52. The third kappa shape index (κ3) is 3.54. The lowest BCUT2D eigenvalue weighted by atomic mass is 10.2. The van der Waals surface area contributed by atoms with Crippen molar-refractivity contribution < 1.29 is 14.6 Å². The first-order chi connectivity index (χ1) is 7.58. The van der Waals surface area contributed by atoms with Gasteiger partial charge in [-0.15, -0.1) is 11.8 Å². The van der Waals surface area contributed by atoms with Gasteiger partial charge in [0.05, 0.1) is 6.61 Å². The molecule has 1 atom stereocenters. The smallest absolute Gasteiger partial charge is 0.321 e. The lowest BCUT2D eigenvalue weighted by Gasteiger charge is -2.23. The van der Waals surface area contributed by atoms with Gasteiger partial charge in [-0.05, 0) is 12.5 Å². The summed E-state index contributed by atoms with van der Waals surface area (Å²) in [5, 5.41) is 9.14. The van der Waals surface area contributed by atoms with Gasteiger partial charge in [0.1, 0.15) is 4.75 Å². The fourth-order valence-corrected chi connectivity index (χ4v) is 2.26. The molecule has 0 aromatic heterocycles. The molecule has 1 rings (SSSR count). The Bertz CT molecular complexity index is 339. The Hall–Kier alpha value is -1.00. The molecule has 16 heavy (non-hydrogen) atoms. The van der Waals surface area contributed by atoms with Crippen LogP contribution in [0.25, 0.3) is 0 Å². The Morgan fingerprint density at radius 2 is 2.06 bits per heavy atom. The number of ether oxygens (including phenoxy) is 1. The Morgan fingerprint density at radius 1 is 1.44 bits per heavy atom. The second-order valence-electron chi connectivity index (χ2n) is 3.74. The van der Waals surface area contributed by atoms with Crippen molar-refractivity contribution in [1.29, 1.82) is 0 Å². The predicted molar refractivity (Wildman–Crippen MR) is 65.7 cm³/mol. The van der Waals surface area contributed by atoms with E-state index in [2.05, 4.69) is 0 Å². The molecule has 1 aromatic carbocycles. The first-order valence-corrected chi connectivity index (χ1v) is 5.97. The van der Waals surface area contributed by atoms with Gasteiger partial charge in [0.2, 0.25) is 0 Å². The van der Waals surface area contributed by atoms with E-state index in [4.69, 9.17) is 9.84 Å². The van der Waals surface area contributed by atoms with E-state index < -0.39 is 10.7 Å². The first-order valence-electron chi connectivity index (χ1n) is 4.99. The van der Waals surface area contributed by atoms with Crippen LogP contribution in [-0.4, -0.2) is 29.5 Å². The maximum atomic E-state index is 11.1. The minimum Gasteiger partial charge on any atom is -0.480 e. The monoisotopic (exact) mass is 240 g/mol. The summed E-state index contributed by atoms with van der Waals surface area (Å²) < 4.78 is 4.07. The molecule has 0 aliphatic rings. The van der Waals surface area contributed by atoms with Gasteiger partial charge < -0.3 is 9.84 Å². The summed E-state index contributed by atoms with van der Waals surface area (Å²) in [5.74, 6) is -0.164. The van der Waals surface area contributed by atoms with Gasteiger partial charge >= 0.3 is 5.97 Å². The third-order valence-corrected chi connectivity index (χ3v) is 3.68. The van der Waals surface area contributed by atoms with E-state index in [-0.39, 0.29) is 6.61 Å². The number of hydrogen-bond acceptors (Lipinski definition) is 3. The van der Waals surface area contributed by atoms with Gasteiger partial charge in [-0.1, -0.05) is 30.3 Å². The fraction of sp³-hybridized carbons (Fsp3) is 0.417. The van der Waals surface area contributed by atoms with E-state index in [9.17, 15) is 4.79 Å². The van der Waals surface area contributed by atoms with Crippen LogP contribution >= 0.6 is 11.8 Å². The minimum atomic E-state index is -0.884. The molecule has 88 valence electrons. The van der Waals surface area contributed by atoms with Crippen molar-refractivity contribution >= 4 is 17.7 Å². The predicted octanol–water partition coefficient (Wildman–Crippen LogP) is 2.41. The average molecular weight is 240 g/mol. The summed E-state index contributed by atoms with van der Waals surface area (Å²) in [4.78, 5) is 11.1. The molecular weight excluding hydrogens is 224 g/mol. The highest BCUT2D eigenvalue weighted by Crippen LogP contribution is 2.29. The molecule has 1 unspecified atom stereocenters. The van der Waals surface area contributed by atoms with Gasteiger partial charge in [0.25, 0.3) is 0 Å². The van der Waals surface area contributed by atoms with E-state index in [0.717, 1.165) is 5.56 Å². The number of aliphatic carboxylic acids is 1. The van der Waals surface area contributed by atoms with Crippen molar-refractivity contribution in [3.05, 3.63) is 35.9 Å². The highest BCUT2D eigenvalue weighted by molar-refractivity contribution is 8.00. The number of methoxy groups -OCH3 is 1. The number of hydrogen-bond donors (Lipinski definition) is 1. The SMILES string of the molecule is COCC(C)(SCc1ccccc1)C(=O)O. The molecule has 4 heteroatoms. The second-order valence-corrected chi connectivity index (χ2v) is 5.22. The summed E-state index contributed by atoms with van der Waals surface area (Å²) in [6.45, 7) is 1.90. The van der Waals surface area contributed by atoms with Crippen LogP contribution in [0.1, 0.15) is 12.5 Å². The lowest BCUT2D eigenvalue weighted by molar-refractivity contribution is -0.140. The lowest BCUT2D eigenvalue weighted by Crippen LogP contribution is -2.36. The molecule has 0 saturated carbocycles. The number of benzene rings is 1. The van der Waals surface area contributed by atoms with Crippen molar-refractivity contribution in [3.8, 4) is 0 Å². The Balaban J connectivity index is 2.60. The van der Waals surface area contributed by atoms with Crippen LogP contribution in [0.2, 0.25) is 0 Å². The van der Waals surface area contributed by atoms with Gasteiger partial charge in [-0.3, -0.25) is 4.79 Å². The number of thioether (sulfide) groups is 1. The van der Waals surface area contributed by atoms with Crippen molar-refractivity contribution in [2.45, 2.75) is 17.4 Å². The Labute approximate surface area is 99.8 Å². The molecule has 0 heterocycles. The number of carboxylic acid groups (broad SMARTS) is 1. The van der Waals surface area contributed by atoms with Crippen molar-refractivity contribution in [2.75, 3.05) is 13.7 Å². The van der Waals surface area contributed by atoms with Crippen LogP contribution in [0.3, 0.4) is 0 Å². The highest BCUT2D eigenvalue weighted by Gasteiger charge is 2.33. The topological polar surface area (TPSA) is 46.5 Å². The van der Waals surface area contributed by atoms with Crippen LogP contribution in [0.15, 0.2) is 30.3 Å². The van der Waals surface area contributed by atoms with E-state index in [0.29, 0.717) is 5.75 Å². The molecule has 0 aliphatic carbocycles. The molecule has 1 aromatic rings. The second kappa shape index (κ2) is 5.92. The van der Waals surface area contributed by atoms with Gasteiger partial charge in [-0.2, -0.15) is 0 Å². The zero-order valence-corrected chi connectivity index (χ0v) is 10.3. The largest absolute Gasteiger partial charge is 0.480 e. The summed E-state index contributed by atoms with van der Waals surface area (Å²) in [6, 6.07) is 9.82. The molecule has 0 saturated heterocycles. The maximum Gasteiger partial charge on any atom is 0.321 e. The molecule has 0 radical (unpaired) electrons. The molecule has 0 fully saturated rings. The summed E-state index contributed by atoms with van der Waals surface area (Å²) in [6.07, 6.45) is 0. The van der Waals surface area contributed by atoms with Gasteiger partial charge in [-0.25, -0.2) is 0 Å². The standard InChI is InChI=1S/C12H16O3S/c1-12(9-15-2,11(13)14)16-8-10-6-4-3-5-7-10/h3-7H,8-9H2,1-2H3,(H,13,14). The van der Waals surface area contributed by atoms with E-state index in [1.165, 1.54) is 18.9 Å². The molecule has 0 spiro atoms. The average Bonchev–Trinajstić information content (AvgIpc) is 2.28. The van der Waals surface area contributed by atoms with Crippen LogP contribution in [0.5, 0.6) is 0 Å². The quantitative estimate of drug-likeness (QED) is 0.829. The fourth-order valence-electron chi connectivity index (χ4n) is 1.26. The summed E-state index contributed by atoms with van der Waals surface area (Å²) in [5.41, 5.74) is 1.12. The van der Waals surface area contributed by atoms with Crippen molar-refractivity contribution in [1.82, 2.24) is 0 Å². The molecular formula is C12H16O3S. The van der Waals surface area contributed by atoms with Gasteiger partial charge in [0.15, 0.2) is 0 Å². The Kier molecular flexibility index (Phi) is 4.83. The first kappa shape index (κ1) is 13.1. The zero-order chi connectivity index (χ0) is 12.0. The molecule has 0 amide bonds. The number of carbonyl (C=O) groups is 1. The zero-order valence-electron chi connectivity index (χ0n) is 9.47. The van der Waals surface area contributed by atoms with Crippen LogP contribution in [0.4, 0.5) is 0 Å². The minimum absolute atomic E-state index is 0.208. The van der Waals surface area contributed by atoms with Gasteiger partial charge in [0, 0.05) is 12.9 Å². The normalized spacial score (nSPS) is 14.4. The maximum absolute atomic E-state index is 11.1. The molecule has 0 bridgehead atoms. The molecule has 1 N–H and O–H groups in total. The van der Waals surface area contributed by atoms with Crippen molar-refractivity contribution in [3.63, 3.8) is 0 Å². The van der Waals surface area contributed by atoms with Crippen LogP contribution in [0, 0.1) is 0 Å². The van der Waals surface area contributed by atoms with E-state index in [1.54, 1.807) is 6.92 Å². The van der Waals surface area contributed by atoms with Crippen LogP contribution < -0.4 is 0 Å². The van der Waals surface area contributed by atoms with Crippen LogP contribution in [-0.2, 0) is 15.3 Å². The number of rotatable bonds is 6. The van der Waals surface area contributed by atoms with E-state index >= 15 is 0 Å². The number of carboxylic acids is 1. The van der Waals surface area contributed by atoms with Crippen molar-refractivity contribution in [2.24, 2.45) is 0 Å². The highest BCUT2D eigenvalue weighted by atomic mass is 32.2. The Morgan fingerprint density at radius 3 is 2.56 bits per heavy atom. The summed E-state index contributed by atoms with van der Waals surface area (Å²) >= 11 is 1.39. The van der Waals surface area contributed by atoms with E-state index in [1.807, 2.05) is 30.3 Å². The molecule has 0 aliphatic heterocycles.